The van der Waals surface area contributed by atoms with Crippen molar-refractivity contribution in [1.82, 2.24) is 0 Å². The quantitative estimate of drug-likeness (QED) is 0.0637. The molecule has 4 heterocycles. The van der Waals surface area contributed by atoms with E-state index in [1.807, 2.05) is 0 Å². The van der Waals surface area contributed by atoms with Crippen LogP contribution < -0.4 is 0 Å². The van der Waals surface area contributed by atoms with Gasteiger partial charge in [-0.15, -0.1) is 0 Å². The van der Waals surface area contributed by atoms with E-state index >= 15 is 0 Å². The van der Waals surface area contributed by atoms with Gasteiger partial charge in [-0.25, -0.2) is 0 Å². The molecule has 0 bridgehead atoms. The molecule has 0 amide bonds. The molecule has 0 aromatic heterocycles. The van der Waals surface area contributed by atoms with E-state index in [1.54, 1.807) is 0 Å². The second-order valence-corrected chi connectivity index (χ2v) is 25.8. The highest BCUT2D eigenvalue weighted by Crippen LogP contribution is 2.75. The molecule has 8 rings (SSSR count). The van der Waals surface area contributed by atoms with Crippen LogP contribution in [0, 0.1) is 45.3 Å². The van der Waals surface area contributed by atoms with E-state index in [-0.39, 0.29) is 40.9 Å². The highest BCUT2D eigenvalue weighted by atomic mass is 16.8. The Bertz CT molecular complexity index is 2020. The fraction of sp³-hybridized carbons (Fsp3) is 0.963. The van der Waals surface area contributed by atoms with Gasteiger partial charge in [0.15, 0.2) is 25.2 Å². The molecular formula is C54H92O24. The smallest absolute Gasteiger partial charge is 0.187 e. The van der Waals surface area contributed by atoms with Crippen LogP contribution in [-0.2, 0) is 37.9 Å². The molecule has 0 aromatic carbocycles. The Morgan fingerprint density at radius 3 is 1.58 bits per heavy atom. The predicted molar refractivity (Wildman–Crippen MR) is 268 cm³/mol. The summed E-state index contributed by atoms with van der Waals surface area (Å²) in [5.74, 6) is 0.293. The van der Waals surface area contributed by atoms with E-state index in [4.69, 9.17) is 37.9 Å². The van der Waals surface area contributed by atoms with Gasteiger partial charge >= 0.3 is 0 Å². The largest absolute Gasteiger partial charge is 0.394 e. The number of allylic oxidation sites excluding steroid dienone is 1. The van der Waals surface area contributed by atoms with Gasteiger partial charge in [0.1, 0.15) is 97.7 Å². The molecule has 78 heavy (non-hydrogen) atoms. The maximum absolute atomic E-state index is 12.7. The third-order valence-electron chi connectivity index (χ3n) is 20.8. The van der Waals surface area contributed by atoms with Crippen LogP contribution in [0.5, 0.6) is 0 Å². The zero-order valence-electron chi connectivity index (χ0n) is 46.1. The molecule has 8 aliphatic rings. The normalized spacial score (nSPS) is 51.4. The van der Waals surface area contributed by atoms with E-state index in [1.165, 1.54) is 19.4 Å². The minimum absolute atomic E-state index is 0.0171. The fourth-order valence-corrected chi connectivity index (χ4v) is 15.7. The molecule has 4 aliphatic carbocycles. The molecule has 24 nitrogen and oxygen atoms in total. The number of hydrogen-bond acceptors (Lipinski definition) is 24. The molecule has 4 saturated heterocycles. The lowest BCUT2D eigenvalue weighted by Gasteiger charge is -2.67. The van der Waals surface area contributed by atoms with Gasteiger partial charge in [-0.2, -0.15) is 0 Å². The van der Waals surface area contributed by atoms with Crippen LogP contribution >= 0.6 is 0 Å². The van der Waals surface area contributed by atoms with E-state index in [9.17, 15) is 81.7 Å². The molecule has 7 fully saturated rings. The predicted octanol–water partition coefficient (Wildman–Crippen LogP) is -3.23. The number of rotatable bonds is 17. The topological polar surface area (TPSA) is 398 Å². The summed E-state index contributed by atoms with van der Waals surface area (Å²) in [5, 5.41) is 172. The number of fused-ring (bicyclic) bond motifs is 5. The van der Waals surface area contributed by atoms with Crippen molar-refractivity contribution >= 4 is 0 Å². The third kappa shape index (κ3) is 10.8. The number of ether oxygens (including phenoxy) is 8. The lowest BCUT2D eigenvalue weighted by Crippen LogP contribution is -2.67. The maximum atomic E-state index is 12.7. The van der Waals surface area contributed by atoms with Gasteiger partial charge < -0.3 is 120 Å². The summed E-state index contributed by atoms with van der Waals surface area (Å²) in [6.07, 6.45) is -27.8. The second-order valence-electron chi connectivity index (χ2n) is 25.8. The minimum atomic E-state index is -2.02. The van der Waals surface area contributed by atoms with E-state index < -0.39 is 184 Å². The zero-order chi connectivity index (χ0) is 57.5. The summed E-state index contributed by atoms with van der Waals surface area (Å²) in [4.78, 5) is 0. The van der Waals surface area contributed by atoms with Crippen LogP contribution in [0.4, 0.5) is 0 Å². The fourth-order valence-electron chi connectivity index (χ4n) is 15.7. The zero-order valence-corrected chi connectivity index (χ0v) is 46.1. The van der Waals surface area contributed by atoms with Crippen molar-refractivity contribution in [3.8, 4) is 0 Å². The van der Waals surface area contributed by atoms with E-state index in [0.29, 0.717) is 25.7 Å². The second kappa shape index (κ2) is 23.7. The SMILES string of the molecule is C[C@H](CC[C@@H](O[C@@H]1O[C@H](CO)[C@@H](O)[C@H](O)[C@H]1O[C@H]1O[C@@H](CO)[C@H](O[C@H]2O[C@H](CO)[C@@H](O)[C@H](O)[C@H]2O)[C@@H](O)[C@@H]1O)C(C)(C)O)C1CC[C@@]2(C)C3CC=C4C(CC[C@H](O[C@@H]5O[C@H](CO)[C@@H](O)[C@H](O)[C@H]5O)C4(C)C)[C@]3(C)[C@H](O)C[C@]12C. The summed E-state index contributed by atoms with van der Waals surface area (Å²) in [6, 6.07) is 0. The van der Waals surface area contributed by atoms with Gasteiger partial charge in [0.05, 0.1) is 50.3 Å². The third-order valence-corrected chi connectivity index (χ3v) is 20.8. The summed E-state index contributed by atoms with van der Waals surface area (Å²) < 4.78 is 47.6. The van der Waals surface area contributed by atoms with Gasteiger partial charge in [-0.1, -0.05) is 53.2 Å². The molecule has 30 atom stereocenters. The van der Waals surface area contributed by atoms with Crippen molar-refractivity contribution in [2.75, 3.05) is 26.4 Å². The van der Waals surface area contributed by atoms with Crippen molar-refractivity contribution in [2.45, 2.75) is 253 Å². The van der Waals surface area contributed by atoms with Gasteiger partial charge in [0.25, 0.3) is 0 Å². The first kappa shape index (κ1) is 62.8. The van der Waals surface area contributed by atoms with Crippen molar-refractivity contribution < 1.29 is 120 Å². The molecule has 0 aromatic rings. The molecule has 4 aliphatic heterocycles. The molecule has 16 N–H and O–H groups in total. The average Bonchev–Trinajstić information content (AvgIpc) is 3.68. The number of aliphatic hydroxyl groups is 16. The van der Waals surface area contributed by atoms with Gasteiger partial charge in [-0.05, 0) is 99.7 Å². The van der Waals surface area contributed by atoms with Crippen LogP contribution in [0.3, 0.4) is 0 Å². The van der Waals surface area contributed by atoms with Gasteiger partial charge in [0.2, 0.25) is 0 Å². The van der Waals surface area contributed by atoms with Crippen molar-refractivity contribution in [1.29, 1.82) is 0 Å². The molecule has 3 unspecified atom stereocenters. The van der Waals surface area contributed by atoms with Gasteiger partial charge in [-0.3, -0.25) is 0 Å². The summed E-state index contributed by atoms with van der Waals surface area (Å²) in [6.45, 7) is 13.3. The lowest BCUT2D eigenvalue weighted by molar-refractivity contribution is -0.389. The van der Waals surface area contributed by atoms with Crippen LogP contribution in [0.2, 0.25) is 0 Å². The lowest BCUT2D eigenvalue weighted by atomic mass is 9.38. The molecule has 0 spiro atoms. The molecule has 24 heteroatoms. The highest BCUT2D eigenvalue weighted by Gasteiger charge is 2.70. The Balaban J connectivity index is 0.951. The maximum Gasteiger partial charge on any atom is 0.187 e. The van der Waals surface area contributed by atoms with Crippen molar-refractivity contribution in [3.63, 3.8) is 0 Å². The van der Waals surface area contributed by atoms with E-state index in [0.717, 1.165) is 19.3 Å². The van der Waals surface area contributed by atoms with Crippen LogP contribution in [0.1, 0.15) is 107 Å². The van der Waals surface area contributed by atoms with Gasteiger partial charge in [0, 0.05) is 10.8 Å². The number of aliphatic hydroxyl groups excluding tert-OH is 15. The van der Waals surface area contributed by atoms with Crippen LogP contribution in [0.25, 0.3) is 0 Å². The molecule has 3 saturated carbocycles. The monoisotopic (exact) mass is 1120 g/mol. The first-order chi connectivity index (χ1) is 36.5. The first-order valence-corrected chi connectivity index (χ1v) is 28.0. The average molecular weight is 1130 g/mol. The van der Waals surface area contributed by atoms with Crippen LogP contribution in [0.15, 0.2) is 11.6 Å². The number of hydrogen-bond donors (Lipinski definition) is 16. The highest BCUT2D eigenvalue weighted by molar-refractivity contribution is 5.32. The Labute approximate surface area is 455 Å². The summed E-state index contributed by atoms with van der Waals surface area (Å²) in [5.41, 5.74) is -1.97. The Morgan fingerprint density at radius 2 is 1.04 bits per heavy atom. The van der Waals surface area contributed by atoms with Crippen LogP contribution in [-0.4, -0.2) is 255 Å². The first-order valence-electron chi connectivity index (χ1n) is 28.0. The standard InChI is InChI=1S/C54H92O24/c1-22(23-15-16-52(6)30-12-10-24-25(54(30,8)31(59)17-53(23,52)7)11-14-32(50(24,2)3)75-46-41(67)37(63)34(60)26(18-55)71-46)9-13-33(51(4,5)70)76-49-45(39(65)36(62)28(20-57)73-49)78-48-43(69)40(66)44(29(21-58)74-48)77-47-42(68)38(64)35(61)27(19-56)72-47/h10,22-23,25-49,55-70H,9,11-21H2,1-8H3/t22-,23?,25?,26-,27-,28-,29+,30?,31-,32+,33-,34-,35-,36-,37+,38+,39+,40+,41-,42-,43+,44+,45-,46+,47-,48-,49+,52+,53-,54+/m1/s1. The Morgan fingerprint density at radius 1 is 0.564 bits per heavy atom. The summed E-state index contributed by atoms with van der Waals surface area (Å²) in [7, 11) is 0. The molecule has 0 radical (unpaired) electrons. The van der Waals surface area contributed by atoms with Crippen molar-refractivity contribution in [2.24, 2.45) is 45.3 Å². The summed E-state index contributed by atoms with van der Waals surface area (Å²) >= 11 is 0. The minimum Gasteiger partial charge on any atom is -0.394 e. The molecule has 452 valence electrons. The Hall–Kier alpha value is -1.22. The Kier molecular flexibility index (Phi) is 19.1. The van der Waals surface area contributed by atoms with Crippen molar-refractivity contribution in [3.05, 3.63) is 11.6 Å². The van der Waals surface area contributed by atoms with E-state index in [2.05, 4.69) is 47.6 Å². The molecular weight excluding hydrogens is 1030 g/mol.